The third-order valence-electron chi connectivity index (χ3n) is 2.52. The summed E-state index contributed by atoms with van der Waals surface area (Å²) in [5.41, 5.74) is 2.49. The Bertz CT molecular complexity index is 318. The fraction of sp³-hybridized carbons (Fsp3) is 0.556. The Morgan fingerprint density at radius 2 is 2.25 bits per heavy atom. The van der Waals surface area contributed by atoms with E-state index >= 15 is 0 Å². The van der Waals surface area contributed by atoms with Crippen LogP contribution in [-0.2, 0) is 13.1 Å². The number of nitrogens with zero attached hydrogens (tertiary/aromatic N) is 2. The molecule has 3 nitrogen and oxygen atoms in total. The summed E-state index contributed by atoms with van der Waals surface area (Å²) < 4.78 is 0. The molecule has 1 saturated carbocycles. The van der Waals surface area contributed by atoms with Gasteiger partial charge in [-0.1, -0.05) is 0 Å². The molecule has 2 aliphatic rings. The van der Waals surface area contributed by atoms with Crippen molar-refractivity contribution in [2.75, 3.05) is 0 Å². The third-order valence-corrected chi connectivity index (χ3v) is 2.52. The Kier molecular flexibility index (Phi) is 1.23. The van der Waals surface area contributed by atoms with Gasteiger partial charge in [-0.2, -0.15) is 0 Å². The Balaban J connectivity index is 2.03. The van der Waals surface area contributed by atoms with Crippen LogP contribution in [0.2, 0.25) is 0 Å². The summed E-state index contributed by atoms with van der Waals surface area (Å²) in [7, 11) is 0. The third kappa shape index (κ3) is 0.932. The SMILES string of the molecule is c1nc(C2CC2)nc2c1CNC2. The molecule has 0 amide bonds. The highest BCUT2D eigenvalue weighted by Crippen LogP contribution is 2.38. The summed E-state index contributed by atoms with van der Waals surface area (Å²) >= 11 is 0. The lowest BCUT2D eigenvalue weighted by Crippen LogP contribution is -2.00. The summed E-state index contributed by atoms with van der Waals surface area (Å²) in [5.74, 6) is 1.74. The van der Waals surface area contributed by atoms with Crippen molar-refractivity contribution in [3.63, 3.8) is 0 Å². The molecule has 0 spiro atoms. The molecule has 0 saturated heterocycles. The second kappa shape index (κ2) is 2.26. The molecular formula is C9H11N3. The normalized spacial score (nSPS) is 21.0. The maximum absolute atomic E-state index is 4.54. The zero-order valence-electron chi connectivity index (χ0n) is 6.88. The van der Waals surface area contributed by atoms with Crippen LogP contribution in [0.25, 0.3) is 0 Å². The van der Waals surface area contributed by atoms with Gasteiger partial charge in [-0.25, -0.2) is 9.97 Å². The van der Waals surface area contributed by atoms with Crippen molar-refractivity contribution in [2.45, 2.75) is 31.8 Å². The largest absolute Gasteiger partial charge is 0.307 e. The van der Waals surface area contributed by atoms with E-state index in [0.29, 0.717) is 5.92 Å². The molecule has 2 heterocycles. The minimum Gasteiger partial charge on any atom is -0.307 e. The van der Waals surface area contributed by atoms with Crippen molar-refractivity contribution in [1.29, 1.82) is 0 Å². The summed E-state index contributed by atoms with van der Waals surface area (Å²) in [6, 6.07) is 0. The molecule has 0 aromatic carbocycles. The monoisotopic (exact) mass is 161 g/mol. The summed E-state index contributed by atoms with van der Waals surface area (Å²) in [6.07, 6.45) is 4.55. The van der Waals surface area contributed by atoms with Gasteiger partial charge in [-0.15, -0.1) is 0 Å². The van der Waals surface area contributed by atoms with Gasteiger partial charge in [-0.05, 0) is 12.8 Å². The van der Waals surface area contributed by atoms with E-state index in [1.165, 1.54) is 24.1 Å². The van der Waals surface area contributed by atoms with E-state index in [1.807, 2.05) is 6.20 Å². The molecule has 0 bridgehead atoms. The average molecular weight is 161 g/mol. The molecule has 1 aliphatic heterocycles. The number of rotatable bonds is 1. The van der Waals surface area contributed by atoms with Crippen LogP contribution in [0.3, 0.4) is 0 Å². The topological polar surface area (TPSA) is 37.8 Å². The molecule has 1 N–H and O–H groups in total. The van der Waals surface area contributed by atoms with Gasteiger partial charge in [0.15, 0.2) is 0 Å². The molecule has 1 aromatic heterocycles. The van der Waals surface area contributed by atoms with Gasteiger partial charge in [-0.3, -0.25) is 0 Å². The fourth-order valence-corrected chi connectivity index (χ4v) is 1.61. The lowest BCUT2D eigenvalue weighted by molar-refractivity contribution is 0.755. The minimum absolute atomic E-state index is 0.677. The fourth-order valence-electron chi connectivity index (χ4n) is 1.61. The first-order valence-corrected chi connectivity index (χ1v) is 4.49. The Morgan fingerprint density at radius 1 is 1.33 bits per heavy atom. The molecule has 62 valence electrons. The second-order valence-electron chi connectivity index (χ2n) is 3.58. The van der Waals surface area contributed by atoms with E-state index < -0.39 is 0 Å². The quantitative estimate of drug-likeness (QED) is 0.666. The highest BCUT2D eigenvalue weighted by atomic mass is 15.0. The van der Waals surface area contributed by atoms with Crippen LogP contribution in [0.1, 0.15) is 35.8 Å². The number of nitrogens with one attached hydrogen (secondary N) is 1. The van der Waals surface area contributed by atoms with Crippen LogP contribution in [-0.4, -0.2) is 9.97 Å². The zero-order valence-corrected chi connectivity index (χ0v) is 6.88. The predicted molar refractivity (Wildman–Crippen MR) is 44.6 cm³/mol. The zero-order chi connectivity index (χ0) is 7.97. The van der Waals surface area contributed by atoms with Crippen molar-refractivity contribution in [1.82, 2.24) is 15.3 Å². The molecular weight excluding hydrogens is 150 g/mol. The van der Waals surface area contributed by atoms with Crippen LogP contribution in [0, 0.1) is 0 Å². The van der Waals surface area contributed by atoms with E-state index in [9.17, 15) is 0 Å². The van der Waals surface area contributed by atoms with E-state index in [2.05, 4.69) is 15.3 Å². The van der Waals surface area contributed by atoms with Crippen molar-refractivity contribution in [3.8, 4) is 0 Å². The van der Waals surface area contributed by atoms with Crippen LogP contribution in [0.15, 0.2) is 6.20 Å². The maximum atomic E-state index is 4.54. The van der Waals surface area contributed by atoms with Gasteiger partial charge in [0.1, 0.15) is 5.82 Å². The standard InChI is InChI=1S/C9H11N3/c1-2-6(1)9-11-4-7-3-10-5-8(7)12-9/h4,6,10H,1-3,5H2. The van der Waals surface area contributed by atoms with E-state index in [-0.39, 0.29) is 0 Å². The lowest BCUT2D eigenvalue weighted by atomic mass is 10.2. The van der Waals surface area contributed by atoms with Crippen molar-refractivity contribution >= 4 is 0 Å². The lowest BCUT2D eigenvalue weighted by Gasteiger charge is -1.99. The molecule has 0 atom stereocenters. The molecule has 12 heavy (non-hydrogen) atoms. The Labute approximate surface area is 71.2 Å². The Hall–Kier alpha value is -0.960. The predicted octanol–water partition coefficient (Wildman–Crippen LogP) is 0.957. The highest BCUT2D eigenvalue weighted by molar-refractivity contribution is 5.23. The molecule has 3 heteroatoms. The smallest absolute Gasteiger partial charge is 0.131 e. The maximum Gasteiger partial charge on any atom is 0.131 e. The van der Waals surface area contributed by atoms with Crippen molar-refractivity contribution < 1.29 is 0 Å². The first-order chi connectivity index (χ1) is 5.93. The molecule has 1 fully saturated rings. The van der Waals surface area contributed by atoms with Gasteiger partial charge >= 0.3 is 0 Å². The minimum atomic E-state index is 0.677. The van der Waals surface area contributed by atoms with Gasteiger partial charge in [0, 0.05) is 30.8 Å². The first-order valence-electron chi connectivity index (χ1n) is 4.49. The molecule has 0 unspecified atom stereocenters. The summed E-state index contributed by atoms with van der Waals surface area (Å²) in [5, 5.41) is 3.27. The number of fused-ring (bicyclic) bond motifs is 1. The van der Waals surface area contributed by atoms with Gasteiger partial charge < -0.3 is 5.32 Å². The number of aromatic nitrogens is 2. The van der Waals surface area contributed by atoms with Crippen LogP contribution in [0.4, 0.5) is 0 Å². The van der Waals surface area contributed by atoms with Gasteiger partial charge in [0.2, 0.25) is 0 Å². The van der Waals surface area contributed by atoms with Crippen LogP contribution >= 0.6 is 0 Å². The number of hydrogen-bond acceptors (Lipinski definition) is 3. The Morgan fingerprint density at radius 3 is 3.08 bits per heavy atom. The number of hydrogen-bond donors (Lipinski definition) is 1. The average Bonchev–Trinajstić information content (AvgIpc) is 2.84. The van der Waals surface area contributed by atoms with Crippen molar-refractivity contribution in [2.24, 2.45) is 0 Å². The second-order valence-corrected chi connectivity index (χ2v) is 3.58. The van der Waals surface area contributed by atoms with Gasteiger partial charge in [0.25, 0.3) is 0 Å². The van der Waals surface area contributed by atoms with E-state index in [1.54, 1.807) is 0 Å². The van der Waals surface area contributed by atoms with Crippen LogP contribution < -0.4 is 5.32 Å². The molecule has 3 rings (SSSR count). The van der Waals surface area contributed by atoms with E-state index in [0.717, 1.165) is 18.9 Å². The van der Waals surface area contributed by atoms with E-state index in [4.69, 9.17) is 0 Å². The summed E-state index contributed by atoms with van der Waals surface area (Å²) in [4.78, 5) is 8.90. The highest BCUT2D eigenvalue weighted by Gasteiger charge is 2.27. The van der Waals surface area contributed by atoms with Gasteiger partial charge in [0.05, 0.1) is 5.69 Å². The van der Waals surface area contributed by atoms with Crippen molar-refractivity contribution in [3.05, 3.63) is 23.3 Å². The summed E-state index contributed by atoms with van der Waals surface area (Å²) in [6.45, 7) is 1.87. The van der Waals surface area contributed by atoms with Crippen LogP contribution in [0.5, 0.6) is 0 Å². The first kappa shape index (κ1) is 6.54. The molecule has 1 aromatic rings. The molecule has 1 aliphatic carbocycles. The molecule has 0 radical (unpaired) electrons.